The molecule has 110 valence electrons. The maximum Gasteiger partial charge on any atom is 0.241 e. The average molecular weight is 298 g/mol. The van der Waals surface area contributed by atoms with Crippen molar-refractivity contribution in [3.63, 3.8) is 0 Å². The Balaban J connectivity index is 0.00000200. The number of carbonyl (C=O) groups is 2. The molecule has 0 saturated heterocycles. The van der Waals surface area contributed by atoms with Crippen LogP contribution >= 0.6 is 12.4 Å². The summed E-state index contributed by atoms with van der Waals surface area (Å²) < 4.78 is 0. The van der Waals surface area contributed by atoms with Gasteiger partial charge in [-0.2, -0.15) is 0 Å². The first-order valence-electron chi connectivity index (χ1n) is 6.36. The molecule has 1 aromatic carbocycles. The first-order valence-corrected chi connectivity index (χ1v) is 6.36. The molecule has 2 rings (SSSR count). The second-order valence-corrected chi connectivity index (χ2v) is 4.91. The van der Waals surface area contributed by atoms with Crippen LogP contribution in [0.4, 0.5) is 0 Å². The Hall–Kier alpha value is -1.59. The summed E-state index contributed by atoms with van der Waals surface area (Å²) >= 11 is 0. The Labute approximate surface area is 125 Å². The van der Waals surface area contributed by atoms with Gasteiger partial charge in [0.05, 0.1) is 12.6 Å². The lowest BCUT2D eigenvalue weighted by Gasteiger charge is -2.25. The van der Waals surface area contributed by atoms with Crippen LogP contribution in [0.2, 0.25) is 0 Å². The summed E-state index contributed by atoms with van der Waals surface area (Å²) in [4.78, 5) is 24.9. The average Bonchev–Trinajstić information content (AvgIpc) is 2.43. The van der Waals surface area contributed by atoms with Crippen LogP contribution < -0.4 is 10.6 Å². The SMILES string of the molecule is CN(C)C(=O)CNC(=O)C1Cc2ccccc2CN1.Cl. The largest absolute Gasteiger partial charge is 0.347 e. The third-order valence-corrected chi connectivity index (χ3v) is 3.31. The van der Waals surface area contributed by atoms with Gasteiger partial charge in [0.25, 0.3) is 0 Å². The Morgan fingerprint density at radius 3 is 2.60 bits per heavy atom. The minimum absolute atomic E-state index is 0. The highest BCUT2D eigenvalue weighted by Crippen LogP contribution is 2.16. The zero-order valence-corrected chi connectivity index (χ0v) is 12.5. The summed E-state index contributed by atoms with van der Waals surface area (Å²) in [5.41, 5.74) is 2.43. The van der Waals surface area contributed by atoms with Crippen molar-refractivity contribution < 1.29 is 9.59 Å². The van der Waals surface area contributed by atoms with Gasteiger partial charge in [-0.1, -0.05) is 24.3 Å². The normalized spacial score (nSPS) is 16.6. The highest BCUT2D eigenvalue weighted by Gasteiger charge is 2.24. The number of nitrogens with one attached hydrogen (secondary N) is 2. The minimum Gasteiger partial charge on any atom is -0.347 e. The van der Waals surface area contributed by atoms with E-state index < -0.39 is 0 Å². The fourth-order valence-corrected chi connectivity index (χ4v) is 2.08. The molecule has 0 spiro atoms. The third kappa shape index (κ3) is 3.95. The predicted octanol–water partition coefficient (Wildman–Crippen LogP) is 0.327. The van der Waals surface area contributed by atoms with Crippen LogP contribution in [0.15, 0.2) is 24.3 Å². The van der Waals surface area contributed by atoms with Crippen molar-refractivity contribution in [3.05, 3.63) is 35.4 Å². The van der Waals surface area contributed by atoms with E-state index in [4.69, 9.17) is 0 Å². The van der Waals surface area contributed by atoms with E-state index in [0.717, 1.165) is 0 Å². The summed E-state index contributed by atoms with van der Waals surface area (Å²) in [7, 11) is 3.34. The number of fused-ring (bicyclic) bond motifs is 1. The Bertz CT molecular complexity index is 491. The van der Waals surface area contributed by atoms with Crippen LogP contribution in [0.25, 0.3) is 0 Å². The monoisotopic (exact) mass is 297 g/mol. The first kappa shape index (κ1) is 16.5. The molecule has 1 atom stereocenters. The number of carbonyl (C=O) groups excluding carboxylic acids is 2. The van der Waals surface area contributed by atoms with Crippen LogP contribution in [0.1, 0.15) is 11.1 Å². The third-order valence-electron chi connectivity index (χ3n) is 3.31. The summed E-state index contributed by atoms with van der Waals surface area (Å²) in [6.07, 6.45) is 0.665. The molecule has 1 unspecified atom stereocenters. The second-order valence-electron chi connectivity index (χ2n) is 4.91. The van der Waals surface area contributed by atoms with Crippen molar-refractivity contribution in [1.29, 1.82) is 0 Å². The maximum absolute atomic E-state index is 12.0. The van der Waals surface area contributed by atoms with Crippen molar-refractivity contribution in [3.8, 4) is 0 Å². The zero-order valence-electron chi connectivity index (χ0n) is 11.7. The number of rotatable bonds is 3. The van der Waals surface area contributed by atoms with Crippen molar-refractivity contribution in [2.75, 3.05) is 20.6 Å². The number of hydrogen-bond donors (Lipinski definition) is 2. The fourth-order valence-electron chi connectivity index (χ4n) is 2.08. The molecule has 0 saturated carbocycles. The number of likely N-dealkylation sites (N-methyl/N-ethyl adjacent to an activating group) is 1. The summed E-state index contributed by atoms with van der Waals surface area (Å²) in [6, 6.07) is 7.82. The van der Waals surface area contributed by atoms with Crippen LogP contribution in [0, 0.1) is 0 Å². The molecule has 20 heavy (non-hydrogen) atoms. The van der Waals surface area contributed by atoms with E-state index >= 15 is 0 Å². The molecular formula is C14H20ClN3O2. The van der Waals surface area contributed by atoms with E-state index in [0.29, 0.717) is 13.0 Å². The van der Waals surface area contributed by atoms with Gasteiger partial charge >= 0.3 is 0 Å². The van der Waals surface area contributed by atoms with Gasteiger partial charge in [0, 0.05) is 20.6 Å². The van der Waals surface area contributed by atoms with E-state index in [9.17, 15) is 9.59 Å². The van der Waals surface area contributed by atoms with Crippen molar-refractivity contribution in [2.24, 2.45) is 0 Å². The Morgan fingerprint density at radius 2 is 1.95 bits per heavy atom. The van der Waals surface area contributed by atoms with Gasteiger partial charge in [-0.05, 0) is 17.5 Å². The van der Waals surface area contributed by atoms with E-state index in [1.165, 1.54) is 16.0 Å². The van der Waals surface area contributed by atoms with Gasteiger partial charge < -0.3 is 15.5 Å². The second kappa shape index (κ2) is 7.26. The first-order chi connectivity index (χ1) is 9.08. The lowest BCUT2D eigenvalue weighted by molar-refractivity contribution is -0.131. The molecule has 1 heterocycles. The highest BCUT2D eigenvalue weighted by atomic mass is 35.5. The van der Waals surface area contributed by atoms with Crippen molar-refractivity contribution >= 4 is 24.2 Å². The van der Waals surface area contributed by atoms with Gasteiger partial charge in [0.2, 0.25) is 11.8 Å². The highest BCUT2D eigenvalue weighted by molar-refractivity contribution is 5.87. The van der Waals surface area contributed by atoms with E-state index in [2.05, 4.69) is 16.7 Å². The number of nitrogens with zero attached hydrogens (tertiary/aromatic N) is 1. The molecule has 0 aliphatic carbocycles. The summed E-state index contributed by atoms with van der Waals surface area (Å²) in [5.74, 6) is -0.228. The van der Waals surface area contributed by atoms with E-state index in [-0.39, 0.29) is 36.8 Å². The predicted molar refractivity (Wildman–Crippen MR) is 79.7 cm³/mol. The molecule has 1 aliphatic rings. The summed E-state index contributed by atoms with van der Waals surface area (Å²) in [5, 5.41) is 5.86. The van der Waals surface area contributed by atoms with E-state index in [1.807, 2.05) is 18.2 Å². The van der Waals surface area contributed by atoms with Crippen LogP contribution in [-0.2, 0) is 22.6 Å². The van der Waals surface area contributed by atoms with Gasteiger partial charge in [-0.25, -0.2) is 0 Å². The molecule has 1 aromatic rings. The van der Waals surface area contributed by atoms with E-state index in [1.54, 1.807) is 14.1 Å². The van der Waals surface area contributed by atoms with Crippen molar-refractivity contribution in [2.45, 2.75) is 19.0 Å². The molecule has 0 bridgehead atoms. The topological polar surface area (TPSA) is 61.4 Å². The quantitative estimate of drug-likeness (QED) is 0.845. The minimum atomic E-state index is -0.259. The van der Waals surface area contributed by atoms with Gasteiger partial charge in [-0.15, -0.1) is 12.4 Å². The standard InChI is InChI=1S/C14H19N3O2.ClH/c1-17(2)13(18)9-16-14(19)12-7-10-5-3-4-6-11(10)8-15-12;/h3-6,12,15H,7-9H2,1-2H3,(H,16,19);1H. The lowest BCUT2D eigenvalue weighted by Crippen LogP contribution is -2.49. The van der Waals surface area contributed by atoms with Crippen LogP contribution in [0.5, 0.6) is 0 Å². The maximum atomic E-state index is 12.0. The zero-order chi connectivity index (χ0) is 13.8. The van der Waals surface area contributed by atoms with Crippen LogP contribution in [0.3, 0.4) is 0 Å². The molecular weight excluding hydrogens is 278 g/mol. The fraction of sp³-hybridized carbons (Fsp3) is 0.429. The molecule has 0 aromatic heterocycles. The van der Waals surface area contributed by atoms with Gasteiger partial charge in [-0.3, -0.25) is 9.59 Å². The van der Waals surface area contributed by atoms with Crippen LogP contribution in [-0.4, -0.2) is 43.4 Å². The van der Waals surface area contributed by atoms with Gasteiger partial charge in [0.15, 0.2) is 0 Å². The summed E-state index contributed by atoms with van der Waals surface area (Å²) in [6.45, 7) is 0.738. The smallest absolute Gasteiger partial charge is 0.241 e. The van der Waals surface area contributed by atoms with Gasteiger partial charge in [0.1, 0.15) is 0 Å². The molecule has 0 radical (unpaired) electrons. The molecule has 2 N–H and O–H groups in total. The Morgan fingerprint density at radius 1 is 1.30 bits per heavy atom. The Kier molecular flexibility index (Phi) is 5.98. The number of amides is 2. The number of hydrogen-bond acceptors (Lipinski definition) is 3. The van der Waals surface area contributed by atoms with Crippen molar-refractivity contribution in [1.82, 2.24) is 15.5 Å². The molecule has 6 heteroatoms. The molecule has 0 fully saturated rings. The molecule has 1 aliphatic heterocycles. The molecule has 5 nitrogen and oxygen atoms in total. The molecule has 2 amide bonds. The lowest BCUT2D eigenvalue weighted by atomic mass is 9.95. The number of benzene rings is 1. The number of halogens is 1.